The van der Waals surface area contributed by atoms with Crippen LogP contribution in [0.5, 0.6) is 0 Å². The van der Waals surface area contributed by atoms with E-state index in [1.54, 1.807) is 0 Å². The molecule has 0 N–H and O–H groups in total. The van der Waals surface area contributed by atoms with E-state index in [4.69, 9.17) is 0 Å². The molecule has 0 saturated heterocycles. The van der Waals surface area contributed by atoms with Gasteiger partial charge in [-0.15, -0.1) is 0 Å². The van der Waals surface area contributed by atoms with Crippen LogP contribution >= 0.6 is 0 Å². The fourth-order valence-corrected chi connectivity index (χ4v) is 3.58. The van der Waals surface area contributed by atoms with Crippen LogP contribution in [0.1, 0.15) is 112 Å². The molecule has 188 valence electrons. The molecule has 33 heavy (non-hydrogen) atoms. The Kier molecular flexibility index (Phi) is 10.5. The highest BCUT2D eigenvalue weighted by atomic mass is 19.4. The van der Waals surface area contributed by atoms with Gasteiger partial charge in [-0.05, 0) is 43.9 Å². The molecule has 0 aliphatic rings. The van der Waals surface area contributed by atoms with E-state index in [-0.39, 0.29) is 28.6 Å². The molecular weight excluding hydrogens is 417 g/mol. The molecule has 0 spiro atoms. The van der Waals surface area contributed by atoms with Gasteiger partial charge in [-0.3, -0.25) is 0 Å². The minimum Gasteiger partial charge on any atom is -0.172 e. The second-order valence-corrected chi connectivity index (χ2v) is 12.9. The van der Waals surface area contributed by atoms with Gasteiger partial charge in [0.2, 0.25) is 0 Å². The van der Waals surface area contributed by atoms with Crippen LogP contribution in [0.4, 0.5) is 13.2 Å². The van der Waals surface area contributed by atoms with E-state index in [1.807, 2.05) is 0 Å². The number of halogens is 3. The molecule has 0 aromatic heterocycles. The van der Waals surface area contributed by atoms with Crippen LogP contribution in [0, 0.1) is 0 Å². The molecule has 0 saturated carbocycles. The number of alkyl halides is 3. The van der Waals surface area contributed by atoms with E-state index in [2.05, 4.69) is 132 Å². The van der Waals surface area contributed by atoms with Gasteiger partial charge < -0.3 is 0 Å². The van der Waals surface area contributed by atoms with Gasteiger partial charge in [0.05, 0.1) is 0 Å². The Morgan fingerprint density at radius 2 is 0.485 bits per heavy atom. The van der Waals surface area contributed by atoms with Gasteiger partial charge in [0.15, 0.2) is 0 Å². The highest BCUT2D eigenvalue weighted by Gasteiger charge is 2.25. The van der Waals surface area contributed by atoms with Crippen molar-refractivity contribution >= 4 is 0 Å². The van der Waals surface area contributed by atoms with Gasteiger partial charge in [0.1, 0.15) is 0 Å². The topological polar surface area (TPSA) is 0 Å². The quantitative estimate of drug-likeness (QED) is 0.364. The zero-order valence-corrected chi connectivity index (χ0v) is 23.3. The predicted molar refractivity (Wildman–Crippen MR) is 139 cm³/mol. The van der Waals surface area contributed by atoms with Crippen molar-refractivity contribution in [3.05, 3.63) is 70.8 Å². The van der Waals surface area contributed by atoms with Gasteiger partial charge in [-0.2, -0.15) is 13.2 Å². The van der Waals surface area contributed by atoms with Gasteiger partial charge >= 0.3 is 6.18 Å². The molecule has 0 radical (unpaired) electrons. The molecule has 0 unspecified atom stereocenters. The Labute approximate surface area is 202 Å². The molecule has 0 aliphatic heterocycles. The molecule has 0 fully saturated rings. The highest BCUT2D eigenvalue weighted by molar-refractivity contribution is 5.38. The monoisotopic (exact) mass is 464 g/mol. The summed E-state index contributed by atoms with van der Waals surface area (Å²) in [5.74, 6) is 0. The van der Waals surface area contributed by atoms with Crippen molar-refractivity contribution in [3.8, 4) is 0 Å². The Morgan fingerprint density at radius 3 is 0.576 bits per heavy atom. The zero-order chi connectivity index (χ0) is 26.5. The predicted octanol–water partition coefficient (Wildman–Crippen LogP) is 10.1. The number of rotatable bonds is 0. The van der Waals surface area contributed by atoms with Crippen LogP contribution in [0.15, 0.2) is 48.5 Å². The standard InChI is InChI=1S/2C14H22.C2H3F3/c2*1-13(2,3)11-9-7-8-10-12(11)14(4,5)6;1-2(3,4)5/h2*7-10H,1-6H3;1H3. The lowest BCUT2D eigenvalue weighted by atomic mass is 9.75. The van der Waals surface area contributed by atoms with Crippen molar-refractivity contribution in [1.29, 1.82) is 0 Å². The molecule has 2 rings (SSSR count). The summed E-state index contributed by atoms with van der Waals surface area (Å²) in [5, 5.41) is 0. The fourth-order valence-electron chi connectivity index (χ4n) is 3.58. The van der Waals surface area contributed by atoms with Crippen molar-refractivity contribution in [3.63, 3.8) is 0 Å². The van der Waals surface area contributed by atoms with E-state index in [1.165, 1.54) is 22.3 Å². The summed E-state index contributed by atoms with van der Waals surface area (Å²) in [6.45, 7) is 27.5. The minimum atomic E-state index is -4.00. The number of hydrogen-bond donors (Lipinski definition) is 0. The average Bonchev–Trinajstić information content (AvgIpc) is 2.58. The van der Waals surface area contributed by atoms with Crippen molar-refractivity contribution < 1.29 is 13.2 Å². The Hall–Kier alpha value is -1.77. The Morgan fingerprint density at radius 1 is 0.364 bits per heavy atom. The van der Waals surface area contributed by atoms with Crippen LogP contribution in [-0.4, -0.2) is 6.18 Å². The molecule has 2 aromatic rings. The first kappa shape index (κ1) is 31.2. The molecular formula is C30H47F3. The SMILES string of the molecule is CC(C)(C)c1ccccc1C(C)(C)C.CC(C)(C)c1ccccc1C(C)(C)C.CC(F)(F)F. The first-order chi connectivity index (χ1) is 14.5. The summed E-state index contributed by atoms with van der Waals surface area (Å²) < 4.78 is 31.1. The van der Waals surface area contributed by atoms with E-state index in [0.717, 1.165) is 0 Å². The maximum Gasteiger partial charge on any atom is 0.386 e. The Bertz CT molecular complexity index is 707. The first-order valence-electron chi connectivity index (χ1n) is 11.7. The highest BCUT2D eigenvalue weighted by Crippen LogP contribution is 2.34. The summed E-state index contributed by atoms with van der Waals surface area (Å²) in [6, 6.07) is 17.5. The van der Waals surface area contributed by atoms with Gasteiger partial charge in [0, 0.05) is 6.92 Å². The lowest BCUT2D eigenvalue weighted by Crippen LogP contribution is -2.21. The molecule has 0 amide bonds. The van der Waals surface area contributed by atoms with Crippen LogP contribution in [-0.2, 0) is 21.7 Å². The summed E-state index contributed by atoms with van der Waals surface area (Å²) in [6.07, 6.45) is -4.00. The normalized spacial score (nSPS) is 12.8. The third-order valence-corrected chi connectivity index (χ3v) is 5.09. The number of benzene rings is 2. The van der Waals surface area contributed by atoms with E-state index in [9.17, 15) is 13.2 Å². The van der Waals surface area contributed by atoms with Crippen molar-refractivity contribution in [2.75, 3.05) is 0 Å². The van der Waals surface area contributed by atoms with E-state index < -0.39 is 6.18 Å². The minimum absolute atomic E-state index is 0.188. The van der Waals surface area contributed by atoms with Crippen LogP contribution in [0.3, 0.4) is 0 Å². The first-order valence-corrected chi connectivity index (χ1v) is 11.7. The van der Waals surface area contributed by atoms with E-state index >= 15 is 0 Å². The maximum atomic E-state index is 10.4. The second-order valence-electron chi connectivity index (χ2n) is 12.9. The maximum absolute atomic E-state index is 10.4. The van der Waals surface area contributed by atoms with Gasteiger partial charge in [0.25, 0.3) is 0 Å². The lowest BCUT2D eigenvalue weighted by Gasteiger charge is -2.29. The molecule has 0 nitrogen and oxygen atoms in total. The number of hydrogen-bond acceptors (Lipinski definition) is 0. The summed E-state index contributed by atoms with van der Waals surface area (Å²) in [5.41, 5.74) is 6.82. The lowest BCUT2D eigenvalue weighted by molar-refractivity contribution is -0.110. The van der Waals surface area contributed by atoms with Gasteiger partial charge in [-0.25, -0.2) is 0 Å². The molecule has 0 aliphatic carbocycles. The Balaban J connectivity index is 0.000000517. The third-order valence-electron chi connectivity index (χ3n) is 5.09. The molecule has 2 aromatic carbocycles. The van der Waals surface area contributed by atoms with Crippen molar-refractivity contribution in [1.82, 2.24) is 0 Å². The average molecular weight is 465 g/mol. The largest absolute Gasteiger partial charge is 0.386 e. The third kappa shape index (κ3) is 12.3. The second kappa shape index (κ2) is 11.1. The van der Waals surface area contributed by atoms with Crippen molar-refractivity contribution in [2.45, 2.75) is 118 Å². The van der Waals surface area contributed by atoms with Crippen LogP contribution in [0.25, 0.3) is 0 Å². The smallest absolute Gasteiger partial charge is 0.172 e. The zero-order valence-electron chi connectivity index (χ0n) is 23.3. The fraction of sp³-hybridized carbons (Fsp3) is 0.600. The molecule has 0 atom stereocenters. The van der Waals surface area contributed by atoms with E-state index in [0.29, 0.717) is 0 Å². The summed E-state index contributed by atoms with van der Waals surface area (Å²) >= 11 is 0. The molecule has 3 heteroatoms. The molecule has 0 bridgehead atoms. The molecule has 0 heterocycles. The van der Waals surface area contributed by atoms with Crippen LogP contribution < -0.4 is 0 Å². The van der Waals surface area contributed by atoms with Crippen LogP contribution in [0.2, 0.25) is 0 Å². The summed E-state index contributed by atoms with van der Waals surface area (Å²) in [4.78, 5) is 0. The van der Waals surface area contributed by atoms with Crippen molar-refractivity contribution in [2.24, 2.45) is 0 Å². The van der Waals surface area contributed by atoms with Gasteiger partial charge in [-0.1, -0.05) is 132 Å². The summed E-state index contributed by atoms with van der Waals surface area (Å²) in [7, 11) is 0.